The Morgan fingerprint density at radius 3 is 2.12 bits per heavy atom. The van der Waals surface area contributed by atoms with E-state index in [2.05, 4.69) is 16.0 Å². The van der Waals surface area contributed by atoms with Crippen LogP contribution < -0.4 is 16.0 Å². The van der Waals surface area contributed by atoms with E-state index in [-0.39, 0.29) is 18.4 Å². The fraction of sp³-hybridized carbons (Fsp3) is 0.300. The van der Waals surface area contributed by atoms with Gasteiger partial charge in [-0.25, -0.2) is 0 Å². The molecule has 26 heavy (non-hydrogen) atoms. The number of carbonyl (C=O) groups is 2. The van der Waals surface area contributed by atoms with Crippen LogP contribution in [-0.4, -0.2) is 18.4 Å². The van der Waals surface area contributed by atoms with Crippen LogP contribution in [0.3, 0.4) is 0 Å². The Morgan fingerprint density at radius 1 is 0.962 bits per heavy atom. The van der Waals surface area contributed by atoms with Gasteiger partial charge < -0.3 is 16.0 Å². The van der Waals surface area contributed by atoms with Gasteiger partial charge in [-0.1, -0.05) is 31.5 Å². The predicted octanol–water partition coefficient (Wildman–Crippen LogP) is 4.68. The molecule has 0 unspecified atom stereocenters. The van der Waals surface area contributed by atoms with Gasteiger partial charge in [-0.05, 0) is 54.8 Å². The van der Waals surface area contributed by atoms with Crippen molar-refractivity contribution in [3.63, 3.8) is 0 Å². The molecule has 5 nitrogen and oxygen atoms in total. The van der Waals surface area contributed by atoms with Gasteiger partial charge in [-0.2, -0.15) is 0 Å². The monoisotopic (exact) mass is 373 g/mol. The smallest absolute Gasteiger partial charge is 0.243 e. The molecule has 0 aliphatic rings. The van der Waals surface area contributed by atoms with Gasteiger partial charge >= 0.3 is 0 Å². The fourth-order valence-corrected chi connectivity index (χ4v) is 2.56. The second-order valence-corrected chi connectivity index (χ2v) is 7.02. The highest BCUT2D eigenvalue weighted by molar-refractivity contribution is 6.30. The van der Waals surface area contributed by atoms with E-state index in [4.69, 9.17) is 11.6 Å². The Balaban J connectivity index is 1.85. The first-order valence-corrected chi connectivity index (χ1v) is 8.91. The Bertz CT molecular complexity index is 773. The normalized spacial score (nSPS) is 10.5. The Kier molecular flexibility index (Phi) is 7.04. The number of aryl methyl sites for hydroxylation is 1. The molecule has 0 radical (unpaired) electrons. The summed E-state index contributed by atoms with van der Waals surface area (Å²) in [5.41, 5.74) is 3.22. The molecule has 6 heteroatoms. The average Bonchev–Trinajstić information content (AvgIpc) is 2.56. The van der Waals surface area contributed by atoms with Crippen LogP contribution in [0, 0.1) is 12.8 Å². The molecule has 0 saturated heterocycles. The number of anilines is 3. The number of carbonyl (C=O) groups excluding carboxylic acids is 2. The number of nitrogens with one attached hydrogen (secondary N) is 3. The van der Waals surface area contributed by atoms with Crippen molar-refractivity contribution in [3.05, 3.63) is 53.1 Å². The summed E-state index contributed by atoms with van der Waals surface area (Å²) in [7, 11) is 0. The minimum atomic E-state index is -0.166. The van der Waals surface area contributed by atoms with Crippen LogP contribution in [-0.2, 0) is 9.59 Å². The SMILES string of the molecule is Cc1ccc(Cl)cc1NCC(=O)Nc1ccc(NC(=O)CC(C)C)cc1. The van der Waals surface area contributed by atoms with E-state index in [1.165, 1.54) is 0 Å². The van der Waals surface area contributed by atoms with Crippen molar-refractivity contribution in [1.82, 2.24) is 0 Å². The second-order valence-electron chi connectivity index (χ2n) is 6.58. The zero-order valence-electron chi connectivity index (χ0n) is 15.2. The van der Waals surface area contributed by atoms with Crippen molar-refractivity contribution >= 4 is 40.5 Å². The molecule has 0 atom stereocenters. The van der Waals surface area contributed by atoms with Crippen molar-refractivity contribution in [1.29, 1.82) is 0 Å². The van der Waals surface area contributed by atoms with Gasteiger partial charge in [-0.15, -0.1) is 0 Å². The minimum Gasteiger partial charge on any atom is -0.376 e. The summed E-state index contributed by atoms with van der Waals surface area (Å²) in [5, 5.41) is 9.34. The van der Waals surface area contributed by atoms with Crippen LogP contribution in [0.25, 0.3) is 0 Å². The Labute approximate surface area is 159 Å². The van der Waals surface area contributed by atoms with Crippen LogP contribution in [0.1, 0.15) is 25.8 Å². The van der Waals surface area contributed by atoms with Crippen molar-refractivity contribution in [2.24, 2.45) is 5.92 Å². The number of hydrogen-bond donors (Lipinski definition) is 3. The van der Waals surface area contributed by atoms with Gasteiger partial charge in [0.2, 0.25) is 11.8 Å². The molecule has 0 bridgehead atoms. The zero-order valence-corrected chi connectivity index (χ0v) is 16.0. The lowest BCUT2D eigenvalue weighted by Crippen LogP contribution is -2.22. The first-order valence-electron chi connectivity index (χ1n) is 8.53. The van der Waals surface area contributed by atoms with E-state index < -0.39 is 0 Å². The number of hydrogen-bond acceptors (Lipinski definition) is 3. The molecule has 0 saturated carbocycles. The lowest BCUT2D eigenvalue weighted by Gasteiger charge is -2.11. The third-order valence-corrected chi connectivity index (χ3v) is 3.92. The summed E-state index contributed by atoms with van der Waals surface area (Å²) in [6.07, 6.45) is 0.479. The van der Waals surface area contributed by atoms with E-state index in [0.717, 1.165) is 11.3 Å². The lowest BCUT2D eigenvalue weighted by atomic mass is 10.1. The van der Waals surface area contributed by atoms with Crippen LogP contribution in [0.15, 0.2) is 42.5 Å². The molecule has 3 N–H and O–H groups in total. The number of amides is 2. The van der Waals surface area contributed by atoms with Gasteiger partial charge in [0, 0.05) is 28.5 Å². The van der Waals surface area contributed by atoms with Gasteiger partial charge in [0.25, 0.3) is 0 Å². The van der Waals surface area contributed by atoms with E-state index >= 15 is 0 Å². The zero-order chi connectivity index (χ0) is 19.1. The molecule has 0 spiro atoms. The molecule has 0 aliphatic heterocycles. The quantitative estimate of drug-likeness (QED) is 0.659. The van der Waals surface area contributed by atoms with E-state index in [1.807, 2.05) is 32.9 Å². The molecule has 2 rings (SSSR count). The van der Waals surface area contributed by atoms with Crippen LogP contribution in [0.2, 0.25) is 5.02 Å². The molecule has 2 aromatic carbocycles. The predicted molar refractivity (Wildman–Crippen MR) is 108 cm³/mol. The molecule has 2 amide bonds. The van der Waals surface area contributed by atoms with Crippen molar-refractivity contribution in [3.8, 4) is 0 Å². The number of rotatable bonds is 7. The maximum atomic E-state index is 12.1. The molecular weight excluding hydrogens is 350 g/mol. The first-order chi connectivity index (χ1) is 12.3. The summed E-state index contributed by atoms with van der Waals surface area (Å²) < 4.78 is 0. The maximum Gasteiger partial charge on any atom is 0.243 e. The van der Waals surface area contributed by atoms with Gasteiger partial charge in [0.05, 0.1) is 6.54 Å². The van der Waals surface area contributed by atoms with Gasteiger partial charge in [0.1, 0.15) is 0 Å². The molecule has 2 aromatic rings. The van der Waals surface area contributed by atoms with Gasteiger partial charge in [0.15, 0.2) is 0 Å². The van der Waals surface area contributed by atoms with Crippen LogP contribution in [0.4, 0.5) is 17.1 Å². The van der Waals surface area contributed by atoms with Crippen LogP contribution >= 0.6 is 11.6 Å². The molecule has 0 heterocycles. The lowest BCUT2D eigenvalue weighted by molar-refractivity contribution is -0.117. The second kappa shape index (κ2) is 9.25. The van der Waals surface area contributed by atoms with Crippen molar-refractivity contribution in [2.45, 2.75) is 27.2 Å². The highest BCUT2D eigenvalue weighted by Crippen LogP contribution is 2.20. The minimum absolute atomic E-state index is 0.0159. The largest absolute Gasteiger partial charge is 0.376 e. The third-order valence-electron chi connectivity index (χ3n) is 3.69. The summed E-state index contributed by atoms with van der Waals surface area (Å²) in [4.78, 5) is 23.8. The summed E-state index contributed by atoms with van der Waals surface area (Å²) >= 11 is 5.97. The summed E-state index contributed by atoms with van der Waals surface area (Å²) in [6, 6.07) is 12.5. The highest BCUT2D eigenvalue weighted by Gasteiger charge is 2.07. The Morgan fingerprint density at radius 2 is 1.54 bits per heavy atom. The molecule has 0 fully saturated rings. The average molecular weight is 374 g/mol. The highest BCUT2D eigenvalue weighted by atomic mass is 35.5. The van der Waals surface area contributed by atoms with Gasteiger partial charge in [-0.3, -0.25) is 9.59 Å². The van der Waals surface area contributed by atoms with E-state index in [1.54, 1.807) is 30.3 Å². The molecule has 138 valence electrons. The van der Waals surface area contributed by atoms with Crippen LogP contribution in [0.5, 0.6) is 0 Å². The molecule has 0 aromatic heterocycles. The van der Waals surface area contributed by atoms with E-state index in [0.29, 0.717) is 28.7 Å². The summed E-state index contributed by atoms with van der Waals surface area (Å²) in [5.74, 6) is 0.128. The molecule has 0 aliphatic carbocycles. The molecular formula is C20H24ClN3O2. The number of halogens is 1. The van der Waals surface area contributed by atoms with E-state index in [9.17, 15) is 9.59 Å². The first kappa shape index (κ1) is 19.8. The fourth-order valence-electron chi connectivity index (χ4n) is 2.39. The standard InChI is InChI=1S/C20H24ClN3O2/c1-13(2)10-19(25)23-16-6-8-17(9-7-16)24-20(26)12-22-18-11-15(21)5-4-14(18)3/h4-9,11,13,22H,10,12H2,1-3H3,(H,23,25)(H,24,26). The third kappa shape index (κ3) is 6.41. The Hall–Kier alpha value is -2.53. The van der Waals surface area contributed by atoms with Crippen molar-refractivity contribution < 1.29 is 9.59 Å². The van der Waals surface area contributed by atoms with Crippen molar-refractivity contribution in [2.75, 3.05) is 22.5 Å². The number of benzene rings is 2. The summed E-state index contributed by atoms with van der Waals surface area (Å²) in [6.45, 7) is 6.07. The topological polar surface area (TPSA) is 70.2 Å². The maximum absolute atomic E-state index is 12.1.